The van der Waals surface area contributed by atoms with Crippen molar-refractivity contribution < 1.29 is 19.4 Å². The Labute approximate surface area is 119 Å². The topological polar surface area (TPSA) is 102 Å². The van der Waals surface area contributed by atoms with Crippen LogP contribution in [0.3, 0.4) is 0 Å². The molecule has 2 aliphatic rings. The van der Waals surface area contributed by atoms with Crippen LogP contribution < -0.4 is 11.1 Å². The predicted molar refractivity (Wildman–Crippen MR) is 73.0 cm³/mol. The van der Waals surface area contributed by atoms with Crippen LogP contribution in [0.15, 0.2) is 0 Å². The van der Waals surface area contributed by atoms with Gasteiger partial charge < -0.3 is 20.9 Å². The van der Waals surface area contributed by atoms with Crippen molar-refractivity contribution >= 4 is 11.9 Å². The number of carbonyl (C=O) groups excluding carboxylic acids is 1. The number of rotatable bonds is 9. The van der Waals surface area contributed by atoms with Crippen molar-refractivity contribution in [2.45, 2.75) is 57.2 Å². The summed E-state index contributed by atoms with van der Waals surface area (Å²) in [5, 5.41) is 11.3. The van der Waals surface area contributed by atoms with Crippen LogP contribution in [0.2, 0.25) is 0 Å². The van der Waals surface area contributed by atoms with Gasteiger partial charge in [0.1, 0.15) is 0 Å². The molecule has 0 saturated heterocycles. The first-order chi connectivity index (χ1) is 9.47. The van der Waals surface area contributed by atoms with Crippen LogP contribution in [-0.2, 0) is 14.3 Å². The fourth-order valence-electron chi connectivity index (χ4n) is 2.43. The molecule has 0 bridgehead atoms. The van der Waals surface area contributed by atoms with E-state index in [0.29, 0.717) is 24.5 Å². The fourth-order valence-corrected chi connectivity index (χ4v) is 2.43. The highest BCUT2D eigenvalue weighted by molar-refractivity contribution is 5.86. The minimum absolute atomic E-state index is 0.151. The number of nitrogens with one attached hydrogen (secondary N) is 1. The zero-order valence-corrected chi connectivity index (χ0v) is 11.9. The van der Waals surface area contributed by atoms with Gasteiger partial charge in [0.15, 0.2) is 0 Å². The van der Waals surface area contributed by atoms with Crippen molar-refractivity contribution in [1.82, 2.24) is 5.32 Å². The number of amides is 1. The average molecular weight is 284 g/mol. The quantitative estimate of drug-likeness (QED) is 0.572. The molecule has 2 rings (SSSR count). The molecule has 4 N–H and O–H groups in total. The Morgan fingerprint density at radius 3 is 2.30 bits per heavy atom. The van der Waals surface area contributed by atoms with Crippen LogP contribution in [0.1, 0.15) is 39.0 Å². The van der Waals surface area contributed by atoms with Crippen molar-refractivity contribution in [3.63, 3.8) is 0 Å². The largest absolute Gasteiger partial charge is 0.481 e. The summed E-state index contributed by atoms with van der Waals surface area (Å²) >= 11 is 0. The molecular formula is C14H24N2O4. The van der Waals surface area contributed by atoms with E-state index in [1.807, 2.05) is 6.92 Å². The van der Waals surface area contributed by atoms with Crippen molar-refractivity contribution in [2.75, 3.05) is 6.61 Å². The molecule has 20 heavy (non-hydrogen) atoms. The van der Waals surface area contributed by atoms with Gasteiger partial charge >= 0.3 is 5.97 Å². The Bertz CT molecular complexity index is 354. The first kappa shape index (κ1) is 15.3. The molecule has 0 aromatic rings. The molecule has 1 amide bonds. The van der Waals surface area contributed by atoms with Crippen molar-refractivity contribution in [1.29, 1.82) is 0 Å². The lowest BCUT2D eigenvalue weighted by molar-refractivity contribution is -0.139. The third-order valence-corrected chi connectivity index (χ3v) is 3.83. The number of ether oxygens (including phenoxy) is 1. The predicted octanol–water partition coefficient (Wildman–Crippen LogP) is 0.498. The van der Waals surface area contributed by atoms with E-state index in [9.17, 15) is 9.59 Å². The Hall–Kier alpha value is -1.14. The molecule has 0 aromatic carbocycles. The number of hydrogen-bond acceptors (Lipinski definition) is 4. The molecule has 0 radical (unpaired) electrons. The third kappa shape index (κ3) is 4.76. The lowest BCUT2D eigenvalue weighted by atomic mass is 10.1. The SMILES string of the molecule is CC(COC(C1CC1)C1CC1)NC(=O)[C@@H](N)CC(=O)O. The number of carboxylic acids is 1. The first-order valence-electron chi connectivity index (χ1n) is 7.36. The molecule has 2 atom stereocenters. The summed E-state index contributed by atoms with van der Waals surface area (Å²) in [4.78, 5) is 22.2. The molecule has 2 aliphatic carbocycles. The van der Waals surface area contributed by atoms with Gasteiger partial charge in [0.2, 0.25) is 5.91 Å². The van der Waals surface area contributed by atoms with Gasteiger partial charge in [-0.05, 0) is 44.4 Å². The zero-order chi connectivity index (χ0) is 14.7. The highest BCUT2D eigenvalue weighted by Crippen LogP contribution is 2.46. The molecule has 2 saturated carbocycles. The van der Waals surface area contributed by atoms with Crippen LogP contribution in [0.25, 0.3) is 0 Å². The second-order valence-electron chi connectivity index (χ2n) is 6.09. The minimum atomic E-state index is -1.07. The van der Waals surface area contributed by atoms with Crippen LogP contribution in [0.4, 0.5) is 0 Å². The van der Waals surface area contributed by atoms with E-state index in [-0.39, 0.29) is 12.5 Å². The second kappa shape index (κ2) is 6.54. The molecule has 114 valence electrons. The van der Waals surface area contributed by atoms with E-state index >= 15 is 0 Å². The first-order valence-corrected chi connectivity index (χ1v) is 7.36. The van der Waals surface area contributed by atoms with Gasteiger partial charge in [-0.1, -0.05) is 0 Å². The number of aliphatic carboxylic acids is 1. The normalized spacial score (nSPS) is 21.6. The highest BCUT2D eigenvalue weighted by atomic mass is 16.5. The highest BCUT2D eigenvalue weighted by Gasteiger charge is 2.42. The fraction of sp³-hybridized carbons (Fsp3) is 0.857. The summed E-state index contributed by atoms with van der Waals surface area (Å²) in [7, 11) is 0. The average Bonchev–Trinajstić information content (AvgIpc) is 3.22. The molecule has 6 nitrogen and oxygen atoms in total. The standard InChI is InChI=1S/C14H24N2O4/c1-8(16-14(19)11(15)6-12(17)18)7-20-13(9-2-3-9)10-4-5-10/h8-11,13H,2-7,15H2,1H3,(H,16,19)(H,17,18)/t8?,11-/m0/s1. The molecule has 0 heterocycles. The summed E-state index contributed by atoms with van der Waals surface area (Å²) in [5.41, 5.74) is 5.51. The lowest BCUT2D eigenvalue weighted by Gasteiger charge is -2.21. The van der Waals surface area contributed by atoms with E-state index in [2.05, 4.69) is 5.32 Å². The molecule has 2 fully saturated rings. The van der Waals surface area contributed by atoms with Gasteiger partial charge in [-0.25, -0.2) is 0 Å². The van der Waals surface area contributed by atoms with E-state index in [4.69, 9.17) is 15.6 Å². The molecule has 0 aliphatic heterocycles. The Balaban J connectivity index is 1.67. The second-order valence-corrected chi connectivity index (χ2v) is 6.09. The van der Waals surface area contributed by atoms with E-state index in [0.717, 1.165) is 0 Å². The van der Waals surface area contributed by atoms with Gasteiger partial charge in [0.05, 0.1) is 25.2 Å². The summed E-state index contributed by atoms with van der Waals surface area (Å²) in [6.45, 7) is 2.31. The van der Waals surface area contributed by atoms with Crippen LogP contribution >= 0.6 is 0 Å². The summed E-state index contributed by atoms with van der Waals surface area (Å²) in [6.07, 6.45) is 5.02. The maximum atomic E-state index is 11.7. The van der Waals surface area contributed by atoms with Crippen molar-refractivity contribution in [2.24, 2.45) is 17.6 Å². The maximum Gasteiger partial charge on any atom is 0.305 e. The van der Waals surface area contributed by atoms with Gasteiger partial charge in [-0.3, -0.25) is 9.59 Å². The number of carboxylic acid groups (broad SMARTS) is 1. The van der Waals surface area contributed by atoms with E-state index < -0.39 is 17.9 Å². The summed E-state index contributed by atoms with van der Waals surface area (Å²) in [5.74, 6) is -0.0867. The monoisotopic (exact) mass is 284 g/mol. The van der Waals surface area contributed by atoms with Gasteiger partial charge in [0.25, 0.3) is 0 Å². The van der Waals surface area contributed by atoms with Crippen molar-refractivity contribution in [3.05, 3.63) is 0 Å². The summed E-state index contributed by atoms with van der Waals surface area (Å²) < 4.78 is 5.94. The van der Waals surface area contributed by atoms with Crippen molar-refractivity contribution in [3.8, 4) is 0 Å². The zero-order valence-electron chi connectivity index (χ0n) is 11.9. The Kier molecular flexibility index (Phi) is 4.99. The Morgan fingerprint density at radius 1 is 1.30 bits per heavy atom. The number of carbonyl (C=O) groups is 2. The smallest absolute Gasteiger partial charge is 0.305 e. The van der Waals surface area contributed by atoms with Gasteiger partial charge in [0, 0.05) is 6.04 Å². The van der Waals surface area contributed by atoms with Crippen LogP contribution in [-0.4, -0.2) is 41.8 Å². The molecule has 0 spiro atoms. The van der Waals surface area contributed by atoms with Crippen LogP contribution in [0.5, 0.6) is 0 Å². The van der Waals surface area contributed by atoms with Gasteiger partial charge in [-0.2, -0.15) is 0 Å². The molecule has 6 heteroatoms. The van der Waals surface area contributed by atoms with E-state index in [1.54, 1.807) is 0 Å². The van der Waals surface area contributed by atoms with Gasteiger partial charge in [-0.15, -0.1) is 0 Å². The third-order valence-electron chi connectivity index (χ3n) is 3.83. The minimum Gasteiger partial charge on any atom is -0.481 e. The molecule has 1 unspecified atom stereocenters. The van der Waals surface area contributed by atoms with Crippen LogP contribution in [0, 0.1) is 11.8 Å². The molecule has 0 aromatic heterocycles. The Morgan fingerprint density at radius 2 is 1.85 bits per heavy atom. The number of hydrogen-bond donors (Lipinski definition) is 3. The maximum absolute atomic E-state index is 11.7. The lowest BCUT2D eigenvalue weighted by Crippen LogP contribution is -2.47. The number of nitrogens with two attached hydrogens (primary N) is 1. The van der Waals surface area contributed by atoms with E-state index in [1.165, 1.54) is 25.7 Å². The molecular weight excluding hydrogens is 260 g/mol. The summed E-state index contributed by atoms with van der Waals surface area (Å²) in [6, 6.07) is -1.15.